The lowest BCUT2D eigenvalue weighted by Gasteiger charge is -2.26. The summed E-state index contributed by atoms with van der Waals surface area (Å²) >= 11 is 5.69. The number of nitrogens with zero attached hydrogens (tertiary/aromatic N) is 2. The summed E-state index contributed by atoms with van der Waals surface area (Å²) in [6.45, 7) is 9.89. The first-order valence-electron chi connectivity index (χ1n) is 4.93. The van der Waals surface area contributed by atoms with Crippen molar-refractivity contribution in [2.45, 2.75) is 40.5 Å². The van der Waals surface area contributed by atoms with Crippen molar-refractivity contribution in [3.8, 4) is 0 Å². The number of hydrogen-bond donors (Lipinski definition) is 0. The molecule has 1 rings (SSSR count). The van der Waals surface area contributed by atoms with Crippen molar-refractivity contribution in [2.24, 2.45) is 5.41 Å². The molecule has 1 atom stereocenters. The van der Waals surface area contributed by atoms with Crippen LogP contribution in [0.5, 0.6) is 0 Å². The van der Waals surface area contributed by atoms with Crippen molar-refractivity contribution in [1.82, 2.24) is 9.97 Å². The van der Waals surface area contributed by atoms with Gasteiger partial charge in [-0.15, -0.1) is 0 Å². The highest BCUT2D eigenvalue weighted by molar-refractivity contribution is 6.29. The van der Waals surface area contributed by atoms with E-state index in [-0.39, 0.29) is 16.5 Å². The van der Waals surface area contributed by atoms with Crippen LogP contribution in [0.3, 0.4) is 0 Å². The molecule has 0 saturated carbocycles. The molecule has 1 aromatic heterocycles. The van der Waals surface area contributed by atoms with Crippen molar-refractivity contribution >= 4 is 11.6 Å². The lowest BCUT2D eigenvalue weighted by Crippen LogP contribution is -2.18. The zero-order valence-corrected chi connectivity index (χ0v) is 10.5. The Hall–Kier alpha value is -0.700. The SMILES string of the molecule is Cc1nc(C(C)C(C)(C)C)nc(Cl)c1F. The second-order valence-corrected chi connectivity index (χ2v) is 5.22. The van der Waals surface area contributed by atoms with Crippen LogP contribution in [0, 0.1) is 18.2 Å². The van der Waals surface area contributed by atoms with Crippen LogP contribution >= 0.6 is 11.6 Å². The second-order valence-electron chi connectivity index (χ2n) is 4.86. The molecule has 4 heteroatoms. The molecule has 1 heterocycles. The minimum Gasteiger partial charge on any atom is -0.235 e. The van der Waals surface area contributed by atoms with Gasteiger partial charge in [0.25, 0.3) is 0 Å². The maximum absolute atomic E-state index is 13.2. The summed E-state index contributed by atoms with van der Waals surface area (Å²) in [4.78, 5) is 8.11. The molecule has 0 saturated heterocycles. The minimum atomic E-state index is -0.526. The maximum atomic E-state index is 13.2. The predicted octanol–water partition coefficient (Wildman–Crippen LogP) is 3.73. The Labute approximate surface area is 94.9 Å². The zero-order valence-electron chi connectivity index (χ0n) is 9.73. The summed E-state index contributed by atoms with van der Waals surface area (Å²) < 4.78 is 13.2. The fourth-order valence-corrected chi connectivity index (χ4v) is 1.35. The summed E-state index contributed by atoms with van der Waals surface area (Å²) in [5, 5.41) is -0.0893. The van der Waals surface area contributed by atoms with E-state index < -0.39 is 5.82 Å². The standard InChI is InChI=1S/C11H16ClFN2/c1-6(11(3,4)5)10-14-7(2)8(13)9(12)15-10/h6H,1-5H3. The summed E-state index contributed by atoms with van der Waals surface area (Å²) in [5.74, 6) is 0.210. The molecule has 0 fully saturated rings. The summed E-state index contributed by atoms with van der Waals surface area (Å²) in [5.41, 5.74) is 0.342. The Morgan fingerprint density at radius 1 is 1.27 bits per heavy atom. The molecule has 2 nitrogen and oxygen atoms in total. The summed E-state index contributed by atoms with van der Waals surface area (Å²) in [7, 11) is 0. The van der Waals surface area contributed by atoms with Gasteiger partial charge in [0.15, 0.2) is 11.0 Å². The second kappa shape index (κ2) is 4.05. The average molecular weight is 231 g/mol. The van der Waals surface area contributed by atoms with Crippen LogP contribution < -0.4 is 0 Å². The lowest BCUT2D eigenvalue weighted by atomic mass is 9.81. The highest BCUT2D eigenvalue weighted by Gasteiger charge is 2.25. The molecule has 0 radical (unpaired) electrons. The predicted molar refractivity (Wildman–Crippen MR) is 59.6 cm³/mol. The van der Waals surface area contributed by atoms with Crippen LogP contribution in [-0.2, 0) is 0 Å². The quantitative estimate of drug-likeness (QED) is 0.687. The molecule has 0 spiro atoms. The van der Waals surface area contributed by atoms with Crippen LogP contribution in [0.2, 0.25) is 5.15 Å². The van der Waals surface area contributed by atoms with Gasteiger partial charge >= 0.3 is 0 Å². The molecule has 15 heavy (non-hydrogen) atoms. The van der Waals surface area contributed by atoms with Gasteiger partial charge in [0.1, 0.15) is 5.82 Å². The molecule has 0 bridgehead atoms. The Kier molecular flexibility index (Phi) is 3.34. The van der Waals surface area contributed by atoms with E-state index in [1.807, 2.05) is 6.92 Å². The van der Waals surface area contributed by atoms with Gasteiger partial charge in [-0.3, -0.25) is 0 Å². The molecule has 0 aliphatic rings. The molecular weight excluding hydrogens is 215 g/mol. The van der Waals surface area contributed by atoms with Crippen molar-refractivity contribution in [2.75, 3.05) is 0 Å². The maximum Gasteiger partial charge on any atom is 0.181 e. The van der Waals surface area contributed by atoms with E-state index in [2.05, 4.69) is 30.7 Å². The van der Waals surface area contributed by atoms with E-state index in [0.29, 0.717) is 11.5 Å². The third-order valence-corrected chi connectivity index (χ3v) is 2.93. The molecule has 0 N–H and O–H groups in total. The smallest absolute Gasteiger partial charge is 0.181 e. The molecular formula is C11H16ClFN2. The van der Waals surface area contributed by atoms with Crippen molar-refractivity contribution in [3.63, 3.8) is 0 Å². The van der Waals surface area contributed by atoms with E-state index in [9.17, 15) is 4.39 Å². The molecule has 0 aromatic carbocycles. The van der Waals surface area contributed by atoms with E-state index in [1.165, 1.54) is 0 Å². The first-order valence-corrected chi connectivity index (χ1v) is 5.31. The van der Waals surface area contributed by atoms with Gasteiger partial charge in [-0.2, -0.15) is 0 Å². The van der Waals surface area contributed by atoms with E-state index >= 15 is 0 Å². The Morgan fingerprint density at radius 2 is 1.80 bits per heavy atom. The summed E-state index contributed by atoms with van der Waals surface area (Å²) in [6, 6.07) is 0. The third kappa shape index (κ3) is 2.65. The number of hydrogen-bond acceptors (Lipinski definition) is 2. The molecule has 1 unspecified atom stereocenters. The topological polar surface area (TPSA) is 25.8 Å². The molecule has 0 aliphatic heterocycles. The largest absolute Gasteiger partial charge is 0.235 e. The molecule has 1 aromatic rings. The van der Waals surface area contributed by atoms with Crippen LogP contribution in [0.25, 0.3) is 0 Å². The van der Waals surface area contributed by atoms with Gasteiger partial charge in [-0.05, 0) is 12.3 Å². The number of halogens is 2. The van der Waals surface area contributed by atoms with Crippen LogP contribution in [-0.4, -0.2) is 9.97 Å². The molecule has 0 aliphatic carbocycles. The van der Waals surface area contributed by atoms with Crippen LogP contribution in [0.15, 0.2) is 0 Å². The van der Waals surface area contributed by atoms with Gasteiger partial charge in [0, 0.05) is 5.92 Å². The van der Waals surface area contributed by atoms with Crippen molar-refractivity contribution < 1.29 is 4.39 Å². The van der Waals surface area contributed by atoms with Gasteiger partial charge in [-0.1, -0.05) is 39.3 Å². The van der Waals surface area contributed by atoms with E-state index in [4.69, 9.17) is 11.6 Å². The number of aromatic nitrogens is 2. The average Bonchev–Trinajstić information content (AvgIpc) is 2.10. The fourth-order valence-electron chi connectivity index (χ4n) is 1.13. The van der Waals surface area contributed by atoms with Gasteiger partial charge in [0.2, 0.25) is 0 Å². The van der Waals surface area contributed by atoms with Crippen molar-refractivity contribution in [1.29, 1.82) is 0 Å². The molecule has 84 valence electrons. The normalized spacial score (nSPS) is 14.1. The first-order chi connectivity index (χ1) is 6.73. The van der Waals surface area contributed by atoms with Crippen LogP contribution in [0.4, 0.5) is 4.39 Å². The first kappa shape index (κ1) is 12.4. The lowest BCUT2D eigenvalue weighted by molar-refractivity contribution is 0.326. The Balaban J connectivity index is 3.17. The minimum absolute atomic E-state index is 0.0353. The van der Waals surface area contributed by atoms with E-state index in [0.717, 1.165) is 0 Å². The monoisotopic (exact) mass is 230 g/mol. The van der Waals surface area contributed by atoms with Crippen molar-refractivity contribution in [3.05, 3.63) is 22.5 Å². The highest BCUT2D eigenvalue weighted by atomic mass is 35.5. The van der Waals surface area contributed by atoms with Crippen LogP contribution in [0.1, 0.15) is 45.1 Å². The number of aryl methyl sites for hydroxylation is 1. The molecule has 0 amide bonds. The summed E-state index contributed by atoms with van der Waals surface area (Å²) in [6.07, 6.45) is 0. The van der Waals surface area contributed by atoms with Gasteiger partial charge < -0.3 is 0 Å². The number of rotatable bonds is 1. The van der Waals surface area contributed by atoms with Gasteiger partial charge in [-0.25, -0.2) is 14.4 Å². The zero-order chi connectivity index (χ0) is 11.8. The van der Waals surface area contributed by atoms with E-state index in [1.54, 1.807) is 6.92 Å². The fraction of sp³-hybridized carbons (Fsp3) is 0.636. The van der Waals surface area contributed by atoms with Gasteiger partial charge in [0.05, 0.1) is 5.69 Å². The highest BCUT2D eigenvalue weighted by Crippen LogP contribution is 2.33. The Morgan fingerprint density at radius 3 is 2.20 bits per heavy atom. The Bertz CT molecular complexity index is 348. The third-order valence-electron chi connectivity index (χ3n) is 2.68.